The Morgan fingerprint density at radius 1 is 1.28 bits per heavy atom. The van der Waals surface area contributed by atoms with Crippen LogP contribution in [0, 0.1) is 0 Å². The lowest BCUT2D eigenvalue weighted by molar-refractivity contribution is -0.133. The largest absolute Gasteiger partial charge is 0.399 e. The van der Waals surface area contributed by atoms with Crippen LogP contribution in [0.3, 0.4) is 0 Å². The fraction of sp³-hybridized carbons (Fsp3) is 0.250. The molecule has 0 unspecified atom stereocenters. The highest BCUT2D eigenvalue weighted by molar-refractivity contribution is 7.09. The maximum atomic E-state index is 12.1. The first-order chi connectivity index (χ1) is 8.44. The number of aromatic nitrogens is 1. The molecule has 0 saturated heterocycles. The summed E-state index contributed by atoms with van der Waals surface area (Å²) >= 11 is 1.24. The van der Waals surface area contributed by atoms with E-state index in [1.807, 2.05) is 6.07 Å². The zero-order valence-electron chi connectivity index (χ0n) is 9.37. The Labute approximate surface area is 106 Å². The number of benzene rings is 1. The van der Waals surface area contributed by atoms with Gasteiger partial charge in [-0.25, -0.2) is 4.98 Å². The molecule has 2 N–H and O–H groups in total. The van der Waals surface area contributed by atoms with Crippen LogP contribution in [0.1, 0.15) is 11.4 Å². The minimum Gasteiger partial charge on any atom is -0.399 e. The van der Waals surface area contributed by atoms with E-state index in [4.69, 9.17) is 5.73 Å². The van der Waals surface area contributed by atoms with Gasteiger partial charge in [0.15, 0.2) is 0 Å². The van der Waals surface area contributed by atoms with Crippen LogP contribution < -0.4 is 5.73 Å². The van der Waals surface area contributed by atoms with Crippen LogP contribution in [0.5, 0.6) is 0 Å². The summed E-state index contributed by atoms with van der Waals surface area (Å²) in [7, 11) is 0. The molecule has 6 heteroatoms. The molecule has 96 valence electrons. The lowest BCUT2D eigenvalue weighted by Gasteiger charge is -2.03. The molecule has 1 aromatic carbocycles. The number of thiazole rings is 1. The first-order valence-corrected chi connectivity index (χ1v) is 6.19. The number of rotatable bonds is 3. The summed E-state index contributed by atoms with van der Waals surface area (Å²) in [5.74, 6) is 0. The Hall–Kier alpha value is -1.56. The van der Waals surface area contributed by atoms with Gasteiger partial charge < -0.3 is 5.73 Å². The van der Waals surface area contributed by atoms with Gasteiger partial charge in [0.25, 0.3) is 0 Å². The Morgan fingerprint density at radius 3 is 2.72 bits per heavy atom. The van der Waals surface area contributed by atoms with E-state index in [1.54, 1.807) is 23.6 Å². The van der Waals surface area contributed by atoms with E-state index >= 15 is 0 Å². The maximum absolute atomic E-state index is 12.1. The Morgan fingerprint density at radius 2 is 2.06 bits per heavy atom. The van der Waals surface area contributed by atoms with E-state index in [-0.39, 0.29) is 6.42 Å². The zero-order valence-corrected chi connectivity index (χ0v) is 10.2. The average molecular weight is 272 g/mol. The molecule has 0 fully saturated rings. The second-order valence-corrected chi connectivity index (χ2v) is 4.81. The topological polar surface area (TPSA) is 38.9 Å². The number of halogens is 3. The summed E-state index contributed by atoms with van der Waals surface area (Å²) in [5, 5.41) is 2.24. The van der Waals surface area contributed by atoms with Crippen molar-refractivity contribution in [2.45, 2.75) is 19.0 Å². The summed E-state index contributed by atoms with van der Waals surface area (Å²) < 4.78 is 36.3. The fourth-order valence-electron chi connectivity index (χ4n) is 1.50. The molecule has 0 aliphatic rings. The van der Waals surface area contributed by atoms with E-state index in [0.29, 0.717) is 16.4 Å². The summed E-state index contributed by atoms with van der Waals surface area (Å²) in [6, 6.07) is 7.13. The third-order valence-electron chi connectivity index (χ3n) is 2.36. The van der Waals surface area contributed by atoms with Gasteiger partial charge in [-0.05, 0) is 12.1 Å². The quantitative estimate of drug-likeness (QED) is 0.861. The molecule has 0 amide bonds. The van der Waals surface area contributed by atoms with Gasteiger partial charge >= 0.3 is 6.18 Å². The molecule has 2 nitrogen and oxygen atoms in total. The van der Waals surface area contributed by atoms with Gasteiger partial charge in [-0.2, -0.15) is 13.2 Å². The third-order valence-corrected chi connectivity index (χ3v) is 3.27. The van der Waals surface area contributed by atoms with E-state index in [9.17, 15) is 13.2 Å². The normalized spacial score (nSPS) is 11.7. The van der Waals surface area contributed by atoms with Crippen molar-refractivity contribution in [3.8, 4) is 11.3 Å². The minimum absolute atomic E-state index is 0.0729. The molecule has 0 aliphatic heterocycles. The minimum atomic E-state index is -4.14. The van der Waals surface area contributed by atoms with Crippen molar-refractivity contribution in [2.75, 3.05) is 5.73 Å². The van der Waals surface area contributed by atoms with E-state index in [0.717, 1.165) is 5.56 Å². The average Bonchev–Trinajstić information content (AvgIpc) is 2.74. The van der Waals surface area contributed by atoms with Crippen molar-refractivity contribution in [3.63, 3.8) is 0 Å². The monoisotopic (exact) mass is 272 g/mol. The number of hydrogen-bond donors (Lipinski definition) is 1. The number of hydrogen-bond acceptors (Lipinski definition) is 3. The van der Waals surface area contributed by atoms with Crippen LogP contribution in [-0.2, 0) is 6.42 Å². The van der Waals surface area contributed by atoms with Gasteiger partial charge in [-0.15, -0.1) is 11.3 Å². The highest BCUT2D eigenvalue weighted by atomic mass is 32.1. The standard InChI is InChI=1S/C12H11F3N2S/c13-12(14,15)5-4-11-17-10(7-18-11)8-2-1-3-9(16)6-8/h1-3,6-7H,4-5,16H2. The smallest absolute Gasteiger partial charge is 0.389 e. The van der Waals surface area contributed by atoms with E-state index in [1.165, 1.54) is 11.3 Å². The predicted molar refractivity (Wildman–Crippen MR) is 66.3 cm³/mol. The van der Waals surface area contributed by atoms with Gasteiger partial charge in [-0.1, -0.05) is 12.1 Å². The number of anilines is 1. The van der Waals surface area contributed by atoms with Crippen molar-refractivity contribution in [2.24, 2.45) is 0 Å². The zero-order chi connectivity index (χ0) is 13.2. The molecule has 0 atom stereocenters. The van der Waals surface area contributed by atoms with Gasteiger partial charge in [0.05, 0.1) is 10.7 Å². The fourth-order valence-corrected chi connectivity index (χ4v) is 2.31. The van der Waals surface area contributed by atoms with Crippen molar-refractivity contribution in [1.82, 2.24) is 4.98 Å². The molecule has 0 bridgehead atoms. The molecule has 18 heavy (non-hydrogen) atoms. The Balaban J connectivity index is 2.11. The second kappa shape index (κ2) is 4.97. The molecule has 2 aromatic rings. The second-order valence-electron chi connectivity index (χ2n) is 3.87. The van der Waals surface area contributed by atoms with Crippen molar-refractivity contribution in [3.05, 3.63) is 34.7 Å². The molecule has 1 heterocycles. The maximum Gasteiger partial charge on any atom is 0.389 e. The Bertz CT molecular complexity index is 534. The highest BCUT2D eigenvalue weighted by Crippen LogP contribution is 2.27. The molecular formula is C12H11F3N2S. The third kappa shape index (κ3) is 3.46. The number of alkyl halides is 3. The van der Waals surface area contributed by atoms with Crippen LogP contribution in [0.25, 0.3) is 11.3 Å². The summed E-state index contributed by atoms with van der Waals surface area (Å²) in [6.45, 7) is 0. The van der Waals surface area contributed by atoms with Crippen molar-refractivity contribution < 1.29 is 13.2 Å². The highest BCUT2D eigenvalue weighted by Gasteiger charge is 2.27. The number of nitrogen functional groups attached to an aromatic ring is 1. The lowest BCUT2D eigenvalue weighted by Crippen LogP contribution is -2.08. The SMILES string of the molecule is Nc1cccc(-c2csc(CCC(F)(F)F)n2)c1. The van der Waals surface area contributed by atoms with Gasteiger partial charge in [-0.3, -0.25) is 0 Å². The van der Waals surface area contributed by atoms with Crippen LogP contribution in [0.15, 0.2) is 29.6 Å². The molecule has 0 spiro atoms. The van der Waals surface area contributed by atoms with Gasteiger partial charge in [0, 0.05) is 29.5 Å². The molecule has 2 rings (SSSR count). The predicted octanol–water partition coefficient (Wildman–Crippen LogP) is 3.89. The molecule has 0 radical (unpaired) electrons. The summed E-state index contributed by atoms with van der Waals surface area (Å²) in [4.78, 5) is 4.19. The summed E-state index contributed by atoms with van der Waals surface area (Å²) in [6.07, 6.45) is -5.05. The first-order valence-electron chi connectivity index (χ1n) is 5.31. The van der Waals surface area contributed by atoms with E-state index < -0.39 is 12.6 Å². The molecule has 1 aromatic heterocycles. The van der Waals surface area contributed by atoms with Crippen LogP contribution in [0.2, 0.25) is 0 Å². The van der Waals surface area contributed by atoms with Crippen molar-refractivity contribution in [1.29, 1.82) is 0 Å². The first kappa shape index (κ1) is 12.9. The van der Waals surface area contributed by atoms with Gasteiger partial charge in [0.1, 0.15) is 0 Å². The number of nitrogens with two attached hydrogens (primary N) is 1. The van der Waals surface area contributed by atoms with Crippen LogP contribution in [0.4, 0.5) is 18.9 Å². The molecular weight excluding hydrogens is 261 g/mol. The van der Waals surface area contributed by atoms with Crippen LogP contribution >= 0.6 is 11.3 Å². The van der Waals surface area contributed by atoms with Crippen LogP contribution in [-0.4, -0.2) is 11.2 Å². The lowest BCUT2D eigenvalue weighted by atomic mass is 10.1. The van der Waals surface area contributed by atoms with Crippen molar-refractivity contribution >= 4 is 17.0 Å². The molecule has 0 aliphatic carbocycles. The Kier molecular flexibility index (Phi) is 3.56. The van der Waals surface area contributed by atoms with Gasteiger partial charge in [0.2, 0.25) is 0 Å². The van der Waals surface area contributed by atoms with E-state index in [2.05, 4.69) is 4.98 Å². The number of nitrogens with zero attached hydrogens (tertiary/aromatic N) is 1. The number of aryl methyl sites for hydroxylation is 1. The summed E-state index contributed by atoms with van der Waals surface area (Å²) in [5.41, 5.74) is 7.75. The molecule has 0 saturated carbocycles.